The molecule has 0 aliphatic carbocycles. The number of nitrogens with zero attached hydrogens (tertiary/aromatic N) is 1. The molecule has 0 radical (unpaired) electrons. The highest BCUT2D eigenvalue weighted by Crippen LogP contribution is 2.02. The Hall–Kier alpha value is -0.280. The topological polar surface area (TPSA) is 32.3 Å². The van der Waals surface area contributed by atoms with E-state index in [1.54, 1.807) is 6.92 Å². The second-order valence-corrected chi connectivity index (χ2v) is 2.62. The second kappa shape index (κ2) is 3.78. The number of halogens is 1. The summed E-state index contributed by atoms with van der Waals surface area (Å²) in [5.41, 5.74) is 0. The van der Waals surface area contributed by atoms with Crippen LogP contribution < -0.4 is 5.32 Å². The molecule has 1 fully saturated rings. The van der Waals surface area contributed by atoms with E-state index in [-0.39, 0.29) is 18.3 Å². The van der Waals surface area contributed by atoms with Crippen LogP contribution in [0.25, 0.3) is 0 Å². The van der Waals surface area contributed by atoms with Gasteiger partial charge >= 0.3 is 0 Å². The molecule has 0 saturated carbocycles. The zero-order chi connectivity index (χ0) is 6.85. The summed E-state index contributed by atoms with van der Waals surface area (Å²) in [6.07, 6.45) is 0. The van der Waals surface area contributed by atoms with Crippen molar-refractivity contribution >= 4 is 18.3 Å². The molecular formula is C6H13ClN2O. The lowest BCUT2D eigenvalue weighted by molar-refractivity contribution is -0.120. The molecule has 0 atom stereocenters. The summed E-state index contributed by atoms with van der Waals surface area (Å²) < 4.78 is 0. The zero-order valence-corrected chi connectivity index (χ0v) is 7.07. The molecule has 0 aromatic carbocycles. The van der Waals surface area contributed by atoms with Crippen molar-refractivity contribution in [2.45, 2.75) is 13.0 Å². The van der Waals surface area contributed by atoms with E-state index in [4.69, 9.17) is 0 Å². The molecule has 0 bridgehead atoms. The monoisotopic (exact) mass is 164 g/mol. The largest absolute Gasteiger partial charge is 0.351 e. The number of likely N-dealkylation sites (N-methyl/N-ethyl adjacent to an activating group) is 1. The van der Waals surface area contributed by atoms with Gasteiger partial charge in [0.25, 0.3) is 0 Å². The van der Waals surface area contributed by atoms with Gasteiger partial charge in [-0.15, -0.1) is 12.4 Å². The van der Waals surface area contributed by atoms with Gasteiger partial charge in [-0.05, 0) is 7.05 Å². The van der Waals surface area contributed by atoms with Crippen LogP contribution in [0.3, 0.4) is 0 Å². The summed E-state index contributed by atoms with van der Waals surface area (Å²) >= 11 is 0. The van der Waals surface area contributed by atoms with E-state index in [1.807, 2.05) is 7.05 Å². The number of hydrogen-bond donors (Lipinski definition) is 1. The van der Waals surface area contributed by atoms with Crippen LogP contribution in [0.1, 0.15) is 6.92 Å². The number of carbonyl (C=O) groups excluding carboxylic acids is 1. The number of hydrogen-bond acceptors (Lipinski definition) is 2. The molecule has 60 valence electrons. The van der Waals surface area contributed by atoms with Gasteiger partial charge in [-0.2, -0.15) is 0 Å². The summed E-state index contributed by atoms with van der Waals surface area (Å²) in [6.45, 7) is 3.55. The number of likely N-dealkylation sites (tertiary alicyclic amines) is 1. The molecule has 0 spiro atoms. The molecule has 1 rings (SSSR count). The van der Waals surface area contributed by atoms with E-state index in [2.05, 4.69) is 10.2 Å². The lowest BCUT2D eigenvalue weighted by Crippen LogP contribution is -2.57. The molecular weight excluding hydrogens is 152 g/mol. The quantitative estimate of drug-likeness (QED) is 0.585. The van der Waals surface area contributed by atoms with Crippen LogP contribution in [0.5, 0.6) is 0 Å². The predicted octanol–water partition coefficient (Wildman–Crippen LogP) is -0.142. The first-order valence-electron chi connectivity index (χ1n) is 3.14. The lowest BCUT2D eigenvalue weighted by Gasteiger charge is -2.36. The highest BCUT2D eigenvalue weighted by Gasteiger charge is 2.22. The molecule has 0 aromatic heterocycles. The van der Waals surface area contributed by atoms with Crippen LogP contribution in [0.15, 0.2) is 0 Å². The molecule has 1 N–H and O–H groups in total. The van der Waals surface area contributed by atoms with Gasteiger partial charge in [0.1, 0.15) is 0 Å². The van der Waals surface area contributed by atoms with E-state index in [0.29, 0.717) is 6.04 Å². The minimum Gasteiger partial charge on any atom is -0.351 e. The summed E-state index contributed by atoms with van der Waals surface area (Å²) in [7, 11) is 2.04. The van der Waals surface area contributed by atoms with Gasteiger partial charge in [0.05, 0.1) is 6.04 Å². The fourth-order valence-electron chi connectivity index (χ4n) is 1.08. The Labute approximate surface area is 67.2 Å². The Morgan fingerprint density at radius 3 is 2.40 bits per heavy atom. The van der Waals surface area contributed by atoms with Crippen molar-refractivity contribution in [1.29, 1.82) is 0 Å². The van der Waals surface area contributed by atoms with Gasteiger partial charge in [-0.1, -0.05) is 0 Å². The van der Waals surface area contributed by atoms with Gasteiger partial charge in [0.15, 0.2) is 0 Å². The van der Waals surface area contributed by atoms with Crippen molar-refractivity contribution in [2.24, 2.45) is 0 Å². The predicted molar refractivity (Wildman–Crippen MR) is 42.3 cm³/mol. The Morgan fingerprint density at radius 1 is 1.60 bits per heavy atom. The first kappa shape index (κ1) is 9.72. The maximum Gasteiger partial charge on any atom is 0.217 e. The minimum atomic E-state index is 0. The van der Waals surface area contributed by atoms with Crippen molar-refractivity contribution < 1.29 is 4.79 Å². The highest BCUT2D eigenvalue weighted by molar-refractivity contribution is 5.85. The Bertz CT molecular complexity index is 123. The SMILES string of the molecule is CC(=O)NC1CN(C)C1.Cl. The molecule has 10 heavy (non-hydrogen) atoms. The molecule has 3 nitrogen and oxygen atoms in total. The summed E-state index contributed by atoms with van der Waals surface area (Å²) in [5.74, 6) is 0.0769. The molecule has 0 unspecified atom stereocenters. The first-order chi connectivity index (χ1) is 4.18. The molecule has 4 heteroatoms. The molecule has 1 aliphatic heterocycles. The standard InChI is InChI=1S/C6H12N2O.ClH/c1-5(9)7-6-3-8(2)4-6;/h6H,3-4H2,1-2H3,(H,7,9);1H. The van der Waals surface area contributed by atoms with Crippen LogP contribution in [0.2, 0.25) is 0 Å². The van der Waals surface area contributed by atoms with Crippen molar-refractivity contribution in [2.75, 3.05) is 20.1 Å². The van der Waals surface area contributed by atoms with E-state index in [1.165, 1.54) is 0 Å². The van der Waals surface area contributed by atoms with Crippen LogP contribution in [0.4, 0.5) is 0 Å². The van der Waals surface area contributed by atoms with E-state index in [0.717, 1.165) is 13.1 Å². The molecule has 1 heterocycles. The van der Waals surface area contributed by atoms with E-state index < -0.39 is 0 Å². The van der Waals surface area contributed by atoms with Crippen molar-refractivity contribution in [3.05, 3.63) is 0 Å². The number of amides is 1. The third-order valence-corrected chi connectivity index (χ3v) is 1.47. The molecule has 1 amide bonds. The van der Waals surface area contributed by atoms with Crippen molar-refractivity contribution in [3.8, 4) is 0 Å². The van der Waals surface area contributed by atoms with Gasteiger partial charge < -0.3 is 10.2 Å². The maximum absolute atomic E-state index is 10.4. The molecule has 1 saturated heterocycles. The highest BCUT2D eigenvalue weighted by atomic mass is 35.5. The normalized spacial score (nSPS) is 19.0. The van der Waals surface area contributed by atoms with Crippen LogP contribution in [-0.2, 0) is 4.79 Å². The van der Waals surface area contributed by atoms with Gasteiger partial charge in [0.2, 0.25) is 5.91 Å². The fraction of sp³-hybridized carbons (Fsp3) is 0.833. The number of carbonyl (C=O) groups is 1. The van der Waals surface area contributed by atoms with Crippen LogP contribution in [0, 0.1) is 0 Å². The zero-order valence-electron chi connectivity index (χ0n) is 6.26. The van der Waals surface area contributed by atoms with Crippen LogP contribution >= 0.6 is 12.4 Å². The van der Waals surface area contributed by atoms with E-state index in [9.17, 15) is 4.79 Å². The Balaban J connectivity index is 0.000000810. The lowest BCUT2D eigenvalue weighted by atomic mass is 10.1. The fourth-order valence-corrected chi connectivity index (χ4v) is 1.08. The Morgan fingerprint density at radius 2 is 2.10 bits per heavy atom. The third-order valence-electron chi connectivity index (χ3n) is 1.47. The third kappa shape index (κ3) is 2.54. The average Bonchev–Trinajstić information content (AvgIpc) is 1.60. The Kier molecular flexibility index (Phi) is 3.68. The number of nitrogens with one attached hydrogen (secondary N) is 1. The second-order valence-electron chi connectivity index (χ2n) is 2.62. The summed E-state index contributed by atoms with van der Waals surface area (Å²) in [6, 6.07) is 0.410. The molecule has 0 aromatic rings. The number of rotatable bonds is 1. The van der Waals surface area contributed by atoms with Crippen molar-refractivity contribution in [3.63, 3.8) is 0 Å². The average molecular weight is 165 g/mol. The van der Waals surface area contributed by atoms with Crippen LogP contribution in [-0.4, -0.2) is 37.0 Å². The van der Waals surface area contributed by atoms with Gasteiger partial charge in [-0.25, -0.2) is 0 Å². The van der Waals surface area contributed by atoms with Gasteiger partial charge in [0, 0.05) is 20.0 Å². The van der Waals surface area contributed by atoms with Gasteiger partial charge in [-0.3, -0.25) is 4.79 Å². The summed E-state index contributed by atoms with van der Waals surface area (Å²) in [4.78, 5) is 12.6. The smallest absolute Gasteiger partial charge is 0.217 e. The maximum atomic E-state index is 10.4. The van der Waals surface area contributed by atoms with Crippen molar-refractivity contribution in [1.82, 2.24) is 10.2 Å². The minimum absolute atomic E-state index is 0. The molecule has 1 aliphatic rings. The first-order valence-corrected chi connectivity index (χ1v) is 3.14. The van der Waals surface area contributed by atoms with E-state index >= 15 is 0 Å². The summed E-state index contributed by atoms with van der Waals surface area (Å²) in [5, 5.41) is 2.83.